The van der Waals surface area contributed by atoms with Crippen LogP contribution in [0.1, 0.15) is 30.0 Å². The summed E-state index contributed by atoms with van der Waals surface area (Å²) < 4.78 is 0. The van der Waals surface area contributed by atoms with Crippen molar-refractivity contribution in [1.82, 2.24) is 10.2 Å². The number of nitrogens with one attached hydrogen (secondary N) is 1. The van der Waals surface area contributed by atoms with Crippen molar-refractivity contribution in [2.24, 2.45) is 0 Å². The van der Waals surface area contributed by atoms with E-state index in [0.717, 1.165) is 25.9 Å². The van der Waals surface area contributed by atoms with Crippen molar-refractivity contribution in [3.8, 4) is 0 Å². The number of carbonyl (C=O) groups is 1. The van der Waals surface area contributed by atoms with Crippen molar-refractivity contribution < 1.29 is 4.79 Å². The molecule has 2 atom stereocenters. The zero-order valence-electron chi connectivity index (χ0n) is 11.4. The SMILES string of the molecule is CCNC1CCN(C(C)Cc2ccc(C)s2)C1=O. The normalized spacial score (nSPS) is 21.6. The summed E-state index contributed by atoms with van der Waals surface area (Å²) >= 11 is 1.83. The van der Waals surface area contributed by atoms with Gasteiger partial charge in [-0.05, 0) is 38.9 Å². The second-order valence-electron chi connectivity index (χ2n) is 5.00. The fourth-order valence-corrected chi connectivity index (χ4v) is 3.58. The number of hydrogen-bond acceptors (Lipinski definition) is 3. The summed E-state index contributed by atoms with van der Waals surface area (Å²) in [7, 11) is 0. The Hall–Kier alpha value is -0.870. The zero-order valence-corrected chi connectivity index (χ0v) is 12.2. The van der Waals surface area contributed by atoms with Crippen LogP contribution in [0, 0.1) is 6.92 Å². The van der Waals surface area contributed by atoms with Gasteiger partial charge in [-0.2, -0.15) is 0 Å². The van der Waals surface area contributed by atoms with Crippen LogP contribution < -0.4 is 5.32 Å². The van der Waals surface area contributed by atoms with Crippen molar-refractivity contribution in [3.05, 3.63) is 21.9 Å². The predicted octanol–water partition coefficient (Wildman–Crippen LogP) is 2.20. The quantitative estimate of drug-likeness (QED) is 0.886. The molecule has 0 aromatic carbocycles. The number of aryl methyl sites for hydroxylation is 1. The highest BCUT2D eigenvalue weighted by Gasteiger charge is 2.33. The Kier molecular flexibility index (Phi) is 4.40. The number of thiophene rings is 1. The average Bonchev–Trinajstić information content (AvgIpc) is 2.87. The monoisotopic (exact) mass is 266 g/mol. The fraction of sp³-hybridized carbons (Fsp3) is 0.643. The van der Waals surface area contributed by atoms with E-state index in [4.69, 9.17) is 0 Å². The Bertz CT molecular complexity index is 416. The summed E-state index contributed by atoms with van der Waals surface area (Å²) in [6, 6.07) is 4.68. The Morgan fingerprint density at radius 3 is 2.94 bits per heavy atom. The topological polar surface area (TPSA) is 32.3 Å². The molecule has 0 radical (unpaired) electrons. The first kappa shape index (κ1) is 13.6. The molecular weight excluding hydrogens is 244 g/mol. The van der Waals surface area contributed by atoms with Crippen LogP contribution >= 0.6 is 11.3 Å². The smallest absolute Gasteiger partial charge is 0.240 e. The van der Waals surface area contributed by atoms with Gasteiger partial charge in [0.25, 0.3) is 0 Å². The molecule has 0 saturated carbocycles. The van der Waals surface area contributed by atoms with Gasteiger partial charge < -0.3 is 10.2 Å². The van der Waals surface area contributed by atoms with E-state index in [-0.39, 0.29) is 11.9 Å². The molecule has 1 aromatic heterocycles. The molecule has 1 saturated heterocycles. The molecule has 1 aliphatic heterocycles. The predicted molar refractivity (Wildman–Crippen MR) is 76.0 cm³/mol. The van der Waals surface area contributed by atoms with Crippen LogP contribution in [-0.4, -0.2) is 36.0 Å². The summed E-state index contributed by atoms with van der Waals surface area (Å²) in [5.41, 5.74) is 0. The first-order valence-electron chi connectivity index (χ1n) is 6.71. The van der Waals surface area contributed by atoms with Gasteiger partial charge in [-0.1, -0.05) is 6.92 Å². The van der Waals surface area contributed by atoms with E-state index in [0.29, 0.717) is 6.04 Å². The number of hydrogen-bond donors (Lipinski definition) is 1. The maximum atomic E-state index is 12.2. The summed E-state index contributed by atoms with van der Waals surface area (Å²) in [5.74, 6) is 0.276. The highest BCUT2D eigenvalue weighted by atomic mass is 32.1. The number of likely N-dealkylation sites (tertiary alicyclic amines) is 1. The Labute approximate surface area is 113 Å². The highest BCUT2D eigenvalue weighted by molar-refractivity contribution is 7.11. The van der Waals surface area contributed by atoms with Crippen molar-refractivity contribution in [2.45, 2.75) is 45.7 Å². The van der Waals surface area contributed by atoms with E-state index in [2.05, 4.69) is 31.3 Å². The molecule has 1 aromatic rings. The van der Waals surface area contributed by atoms with E-state index in [1.165, 1.54) is 9.75 Å². The molecule has 1 amide bonds. The van der Waals surface area contributed by atoms with Gasteiger partial charge >= 0.3 is 0 Å². The van der Waals surface area contributed by atoms with E-state index in [1.807, 2.05) is 23.2 Å². The molecule has 1 N–H and O–H groups in total. The molecule has 1 fully saturated rings. The van der Waals surface area contributed by atoms with Crippen LogP contribution in [0.3, 0.4) is 0 Å². The summed E-state index contributed by atoms with van der Waals surface area (Å²) in [6.07, 6.45) is 1.92. The minimum atomic E-state index is 0.0440. The molecule has 2 unspecified atom stereocenters. The number of carbonyl (C=O) groups excluding carboxylic acids is 1. The highest BCUT2D eigenvalue weighted by Crippen LogP contribution is 2.21. The van der Waals surface area contributed by atoms with E-state index in [9.17, 15) is 4.79 Å². The summed E-state index contributed by atoms with van der Waals surface area (Å²) in [6.45, 7) is 8.08. The second kappa shape index (κ2) is 5.85. The molecule has 1 aliphatic rings. The van der Waals surface area contributed by atoms with E-state index in [1.54, 1.807) is 0 Å². The largest absolute Gasteiger partial charge is 0.338 e. The third-order valence-corrected chi connectivity index (χ3v) is 4.54. The lowest BCUT2D eigenvalue weighted by atomic mass is 10.2. The third-order valence-electron chi connectivity index (χ3n) is 3.52. The van der Waals surface area contributed by atoms with Crippen LogP contribution in [-0.2, 0) is 11.2 Å². The number of nitrogens with zero attached hydrogens (tertiary/aromatic N) is 1. The molecule has 4 heteroatoms. The van der Waals surface area contributed by atoms with Gasteiger partial charge in [0.05, 0.1) is 6.04 Å². The lowest BCUT2D eigenvalue weighted by Gasteiger charge is -2.24. The maximum absolute atomic E-state index is 12.2. The Balaban J connectivity index is 1.94. The molecule has 0 bridgehead atoms. The van der Waals surface area contributed by atoms with Crippen molar-refractivity contribution in [1.29, 1.82) is 0 Å². The standard InChI is InChI=1S/C14H22N2OS/c1-4-15-13-7-8-16(14(13)17)10(2)9-12-6-5-11(3)18-12/h5-6,10,13,15H,4,7-9H2,1-3H3. The first-order valence-corrected chi connectivity index (χ1v) is 7.52. The van der Waals surface area contributed by atoms with Crippen LogP contribution in [0.2, 0.25) is 0 Å². The number of amides is 1. The Morgan fingerprint density at radius 1 is 1.56 bits per heavy atom. The van der Waals surface area contributed by atoms with E-state index < -0.39 is 0 Å². The first-order chi connectivity index (χ1) is 8.61. The summed E-state index contributed by atoms with van der Waals surface area (Å²) in [4.78, 5) is 16.9. The molecule has 18 heavy (non-hydrogen) atoms. The van der Waals surface area contributed by atoms with Crippen LogP contribution in [0.25, 0.3) is 0 Å². The van der Waals surface area contributed by atoms with Gasteiger partial charge in [-0.15, -0.1) is 11.3 Å². The van der Waals surface area contributed by atoms with Gasteiger partial charge in [0, 0.05) is 28.8 Å². The van der Waals surface area contributed by atoms with Crippen molar-refractivity contribution in [2.75, 3.05) is 13.1 Å². The number of rotatable bonds is 5. The van der Waals surface area contributed by atoms with Crippen molar-refractivity contribution in [3.63, 3.8) is 0 Å². The van der Waals surface area contributed by atoms with Gasteiger partial charge in [0.1, 0.15) is 0 Å². The van der Waals surface area contributed by atoms with E-state index >= 15 is 0 Å². The molecule has 0 spiro atoms. The van der Waals surface area contributed by atoms with Gasteiger partial charge in [0.2, 0.25) is 5.91 Å². The minimum absolute atomic E-state index is 0.0440. The molecule has 2 heterocycles. The fourth-order valence-electron chi connectivity index (χ4n) is 2.57. The molecular formula is C14H22N2OS. The van der Waals surface area contributed by atoms with Gasteiger partial charge in [-0.25, -0.2) is 0 Å². The minimum Gasteiger partial charge on any atom is -0.338 e. The second-order valence-corrected chi connectivity index (χ2v) is 6.37. The van der Waals surface area contributed by atoms with Crippen LogP contribution in [0.5, 0.6) is 0 Å². The lowest BCUT2D eigenvalue weighted by molar-refractivity contribution is -0.131. The maximum Gasteiger partial charge on any atom is 0.240 e. The molecule has 100 valence electrons. The Morgan fingerprint density at radius 2 is 2.33 bits per heavy atom. The van der Waals surface area contributed by atoms with Crippen molar-refractivity contribution >= 4 is 17.2 Å². The average molecular weight is 266 g/mol. The molecule has 0 aliphatic carbocycles. The number of likely N-dealkylation sites (N-methyl/N-ethyl adjacent to an activating group) is 1. The van der Waals surface area contributed by atoms with Crippen LogP contribution in [0.15, 0.2) is 12.1 Å². The van der Waals surface area contributed by atoms with Gasteiger partial charge in [-0.3, -0.25) is 4.79 Å². The lowest BCUT2D eigenvalue weighted by Crippen LogP contribution is -2.42. The summed E-state index contributed by atoms with van der Waals surface area (Å²) in [5, 5.41) is 3.26. The molecule has 3 nitrogen and oxygen atoms in total. The third kappa shape index (κ3) is 2.93. The van der Waals surface area contributed by atoms with Gasteiger partial charge in [0.15, 0.2) is 0 Å². The molecule has 2 rings (SSSR count). The van der Waals surface area contributed by atoms with Crippen LogP contribution in [0.4, 0.5) is 0 Å². The zero-order chi connectivity index (χ0) is 13.1.